The average molecular weight is 411 g/mol. The molecule has 0 amide bonds. The quantitative estimate of drug-likeness (QED) is 0.689. The largest absolute Gasteiger partial charge is 0.389 e. The average Bonchev–Trinajstić information content (AvgIpc) is 2.35. The molecule has 114 valence electrons. The number of hydrogen-bond donors (Lipinski definition) is 2. The Morgan fingerprint density at radius 1 is 1.25 bits per heavy atom. The molecule has 1 aromatic carbocycles. The number of aliphatic hydroxyl groups excluding tert-OH is 1. The maximum absolute atomic E-state index is 9.91. The van der Waals surface area contributed by atoms with Crippen molar-refractivity contribution in [3.05, 3.63) is 26.6 Å². The summed E-state index contributed by atoms with van der Waals surface area (Å²) >= 11 is 7.02. The van der Waals surface area contributed by atoms with Crippen molar-refractivity contribution in [2.24, 2.45) is 0 Å². The van der Waals surface area contributed by atoms with Gasteiger partial charge in [0, 0.05) is 22.6 Å². The summed E-state index contributed by atoms with van der Waals surface area (Å²) in [6, 6.07) is 4.05. The number of halogens is 2. The molecule has 0 heterocycles. The van der Waals surface area contributed by atoms with Gasteiger partial charge in [-0.25, -0.2) is 0 Å². The van der Waals surface area contributed by atoms with E-state index in [0.29, 0.717) is 13.2 Å². The second-order valence-electron chi connectivity index (χ2n) is 4.74. The molecule has 0 bridgehead atoms. The predicted molar refractivity (Wildman–Crippen MR) is 88.4 cm³/mol. The highest BCUT2D eigenvalue weighted by Gasteiger charge is 2.11. The molecule has 0 aliphatic heterocycles. The Morgan fingerprint density at radius 2 is 1.85 bits per heavy atom. The topological polar surface area (TPSA) is 50.7 Å². The lowest BCUT2D eigenvalue weighted by molar-refractivity contribution is -0.0282. The molecule has 2 unspecified atom stereocenters. The fourth-order valence-corrected chi connectivity index (χ4v) is 3.40. The molecular weight excluding hydrogens is 390 g/mol. The summed E-state index contributed by atoms with van der Waals surface area (Å²) < 4.78 is 12.4. The van der Waals surface area contributed by atoms with Crippen LogP contribution in [0.3, 0.4) is 0 Å². The van der Waals surface area contributed by atoms with Crippen LogP contribution in [0.25, 0.3) is 0 Å². The van der Waals surface area contributed by atoms with Gasteiger partial charge >= 0.3 is 0 Å². The van der Waals surface area contributed by atoms with Crippen LogP contribution < -0.4 is 5.32 Å². The summed E-state index contributed by atoms with van der Waals surface area (Å²) in [6.45, 7) is 5.16. The van der Waals surface area contributed by atoms with Gasteiger partial charge in [-0.15, -0.1) is 0 Å². The van der Waals surface area contributed by atoms with Crippen LogP contribution in [0, 0.1) is 6.92 Å². The zero-order valence-corrected chi connectivity index (χ0v) is 15.1. The van der Waals surface area contributed by atoms with E-state index in [4.69, 9.17) is 9.47 Å². The van der Waals surface area contributed by atoms with Gasteiger partial charge < -0.3 is 19.9 Å². The second-order valence-corrected chi connectivity index (χ2v) is 6.45. The molecule has 0 spiro atoms. The molecule has 0 saturated heterocycles. The summed E-state index contributed by atoms with van der Waals surface area (Å²) in [5.41, 5.74) is 2.09. The Morgan fingerprint density at radius 3 is 2.40 bits per heavy atom. The molecule has 0 saturated carbocycles. The third-order valence-electron chi connectivity index (χ3n) is 2.68. The molecule has 0 radical (unpaired) electrons. The first-order valence-corrected chi connectivity index (χ1v) is 8.00. The van der Waals surface area contributed by atoms with Gasteiger partial charge in [-0.1, -0.05) is 0 Å². The summed E-state index contributed by atoms with van der Waals surface area (Å²) in [5.74, 6) is 0. The van der Waals surface area contributed by atoms with E-state index in [0.717, 1.165) is 20.2 Å². The predicted octanol–water partition coefficient (Wildman–Crippen LogP) is 3.34. The zero-order valence-electron chi connectivity index (χ0n) is 12.0. The molecule has 20 heavy (non-hydrogen) atoms. The first-order valence-electron chi connectivity index (χ1n) is 6.42. The molecule has 0 fully saturated rings. The molecule has 2 atom stereocenters. The zero-order chi connectivity index (χ0) is 15.1. The summed E-state index contributed by atoms with van der Waals surface area (Å²) in [7, 11) is 1.63. The van der Waals surface area contributed by atoms with Crippen LogP contribution >= 0.6 is 31.9 Å². The van der Waals surface area contributed by atoms with Gasteiger partial charge in [0.2, 0.25) is 0 Å². The number of aryl methyl sites for hydroxylation is 1. The fraction of sp³-hybridized carbons (Fsp3) is 0.571. The number of ether oxygens (including phenoxy) is 2. The van der Waals surface area contributed by atoms with Gasteiger partial charge in [-0.05, 0) is 63.4 Å². The van der Waals surface area contributed by atoms with E-state index in [2.05, 4.69) is 37.2 Å². The second kappa shape index (κ2) is 9.00. The maximum atomic E-state index is 9.91. The Hall–Kier alpha value is -0.140. The smallest absolute Gasteiger partial charge is 0.0945 e. The van der Waals surface area contributed by atoms with Crippen molar-refractivity contribution in [3.8, 4) is 0 Å². The Labute approximate surface area is 137 Å². The van der Waals surface area contributed by atoms with Crippen LogP contribution in [0.1, 0.15) is 12.5 Å². The minimum Gasteiger partial charge on any atom is -0.389 e. The number of hydrogen-bond acceptors (Lipinski definition) is 4. The van der Waals surface area contributed by atoms with Crippen molar-refractivity contribution >= 4 is 37.5 Å². The van der Waals surface area contributed by atoms with E-state index in [-0.39, 0.29) is 12.7 Å². The van der Waals surface area contributed by atoms with Crippen molar-refractivity contribution < 1.29 is 14.6 Å². The molecule has 1 rings (SSSR count). The third kappa shape index (κ3) is 6.10. The van der Waals surface area contributed by atoms with E-state index >= 15 is 0 Å². The van der Waals surface area contributed by atoms with Crippen molar-refractivity contribution in [1.29, 1.82) is 0 Å². The van der Waals surface area contributed by atoms with Crippen LogP contribution in [-0.4, -0.2) is 44.2 Å². The summed E-state index contributed by atoms with van der Waals surface area (Å²) in [6.07, 6.45) is -0.595. The molecule has 4 nitrogen and oxygen atoms in total. The lowest BCUT2D eigenvalue weighted by atomic mass is 10.2. The van der Waals surface area contributed by atoms with E-state index < -0.39 is 6.10 Å². The standard InChI is InChI=1S/C14H21Br2NO3/c1-9-4-12(15)14(13(16)5-9)17-6-11(18)8-20-10(2)7-19-3/h4-5,10-11,17-18H,6-8H2,1-3H3. The van der Waals surface area contributed by atoms with Gasteiger partial charge in [0.25, 0.3) is 0 Å². The minimum absolute atomic E-state index is 0.0208. The molecule has 2 N–H and O–H groups in total. The first kappa shape index (κ1) is 17.9. The molecular formula is C14H21Br2NO3. The molecule has 0 aromatic heterocycles. The Bertz CT molecular complexity index is 406. The van der Waals surface area contributed by atoms with Crippen molar-refractivity contribution in [2.75, 3.05) is 32.2 Å². The van der Waals surface area contributed by atoms with E-state index in [9.17, 15) is 5.11 Å². The van der Waals surface area contributed by atoms with Gasteiger partial charge in [0.15, 0.2) is 0 Å². The van der Waals surface area contributed by atoms with Crippen molar-refractivity contribution in [2.45, 2.75) is 26.1 Å². The van der Waals surface area contributed by atoms with Crippen LogP contribution in [0.2, 0.25) is 0 Å². The summed E-state index contributed by atoms with van der Waals surface area (Å²) in [5, 5.41) is 13.1. The van der Waals surface area contributed by atoms with Gasteiger partial charge in [-0.3, -0.25) is 0 Å². The van der Waals surface area contributed by atoms with Gasteiger partial charge in [0.05, 0.1) is 31.1 Å². The number of benzene rings is 1. The van der Waals surface area contributed by atoms with Crippen molar-refractivity contribution in [3.63, 3.8) is 0 Å². The monoisotopic (exact) mass is 409 g/mol. The third-order valence-corrected chi connectivity index (χ3v) is 3.93. The van der Waals surface area contributed by atoms with Crippen LogP contribution in [0.4, 0.5) is 5.69 Å². The number of rotatable bonds is 8. The normalized spacial score (nSPS) is 14.1. The Balaban J connectivity index is 2.43. The lowest BCUT2D eigenvalue weighted by Crippen LogP contribution is -2.28. The van der Waals surface area contributed by atoms with Gasteiger partial charge in [0.1, 0.15) is 0 Å². The van der Waals surface area contributed by atoms with E-state index in [1.54, 1.807) is 7.11 Å². The number of aliphatic hydroxyl groups is 1. The van der Waals surface area contributed by atoms with Gasteiger partial charge in [-0.2, -0.15) is 0 Å². The highest BCUT2D eigenvalue weighted by Crippen LogP contribution is 2.32. The highest BCUT2D eigenvalue weighted by atomic mass is 79.9. The molecule has 0 aliphatic rings. The first-order chi connectivity index (χ1) is 9.43. The molecule has 1 aromatic rings. The molecule has 6 heteroatoms. The SMILES string of the molecule is COCC(C)OCC(O)CNc1c(Br)cc(C)cc1Br. The maximum Gasteiger partial charge on any atom is 0.0945 e. The van der Waals surface area contributed by atoms with Crippen LogP contribution in [-0.2, 0) is 9.47 Å². The number of nitrogens with one attached hydrogen (secondary N) is 1. The highest BCUT2D eigenvalue weighted by molar-refractivity contribution is 9.11. The molecule has 0 aliphatic carbocycles. The van der Waals surface area contributed by atoms with Crippen molar-refractivity contribution in [1.82, 2.24) is 0 Å². The minimum atomic E-state index is -0.575. The lowest BCUT2D eigenvalue weighted by Gasteiger charge is -2.18. The fourth-order valence-electron chi connectivity index (χ4n) is 1.71. The summed E-state index contributed by atoms with van der Waals surface area (Å²) in [4.78, 5) is 0. The van der Waals surface area contributed by atoms with E-state index in [1.807, 2.05) is 26.0 Å². The number of methoxy groups -OCH3 is 1. The van der Waals surface area contributed by atoms with Crippen LogP contribution in [0.5, 0.6) is 0 Å². The van der Waals surface area contributed by atoms with E-state index in [1.165, 1.54) is 0 Å². The van der Waals surface area contributed by atoms with Crippen LogP contribution in [0.15, 0.2) is 21.1 Å². The number of anilines is 1. The Kier molecular flexibility index (Phi) is 8.06.